The van der Waals surface area contributed by atoms with Crippen molar-refractivity contribution in [2.24, 2.45) is 0 Å². The quantitative estimate of drug-likeness (QED) is 0.543. The maximum absolute atomic E-state index is 15.2. The van der Waals surface area contributed by atoms with Crippen molar-refractivity contribution in [2.75, 3.05) is 38.6 Å². The fourth-order valence-corrected chi connectivity index (χ4v) is 5.51. The van der Waals surface area contributed by atoms with Gasteiger partial charge in [0.15, 0.2) is 5.82 Å². The van der Waals surface area contributed by atoms with E-state index in [1.165, 1.54) is 18.1 Å². The van der Waals surface area contributed by atoms with E-state index in [4.69, 9.17) is 10.5 Å². The van der Waals surface area contributed by atoms with Crippen LogP contribution in [0.4, 0.5) is 14.6 Å². The molecule has 3 N–H and O–H groups in total. The van der Waals surface area contributed by atoms with Gasteiger partial charge in [-0.25, -0.2) is 9.37 Å². The van der Waals surface area contributed by atoms with Crippen molar-refractivity contribution < 1.29 is 18.3 Å². The lowest BCUT2D eigenvalue weighted by atomic mass is 9.86. The Balaban J connectivity index is 1.42. The third-order valence-corrected chi connectivity index (χ3v) is 7.67. The van der Waals surface area contributed by atoms with E-state index < -0.39 is 11.8 Å². The molecule has 37 heavy (non-hydrogen) atoms. The number of nitrogens with two attached hydrogens (primary N) is 1. The molecule has 2 saturated heterocycles. The van der Waals surface area contributed by atoms with Gasteiger partial charge in [0.2, 0.25) is 5.95 Å². The zero-order valence-electron chi connectivity index (χ0n) is 20.5. The molecular formula is C28H29F2N5O2. The second-order valence-electron chi connectivity index (χ2n) is 10.0. The Labute approximate surface area is 214 Å². The van der Waals surface area contributed by atoms with Crippen LogP contribution in [-0.2, 0) is 17.7 Å². The molecule has 0 spiro atoms. The molecule has 2 aromatic carbocycles. The van der Waals surface area contributed by atoms with Crippen molar-refractivity contribution in [1.29, 1.82) is 0 Å². The second-order valence-corrected chi connectivity index (χ2v) is 10.0. The van der Waals surface area contributed by atoms with Crippen molar-refractivity contribution in [3.63, 3.8) is 0 Å². The number of carbonyl (C=O) groups excluding carboxylic acids is 1. The number of hydrogen-bond acceptors (Lipinski definition) is 6. The zero-order valence-corrected chi connectivity index (χ0v) is 20.5. The Bertz CT molecular complexity index is 1370. The fraction of sp³-hybridized carbons (Fsp3) is 0.393. The number of carbonyl (C=O) groups is 1. The number of likely N-dealkylation sites (tertiary alicyclic amines) is 1. The van der Waals surface area contributed by atoms with Gasteiger partial charge in [0.25, 0.3) is 5.91 Å². The van der Waals surface area contributed by atoms with Crippen LogP contribution in [-0.4, -0.2) is 53.6 Å². The van der Waals surface area contributed by atoms with Crippen LogP contribution in [0.3, 0.4) is 0 Å². The Kier molecular flexibility index (Phi) is 6.34. The third kappa shape index (κ3) is 4.57. The summed E-state index contributed by atoms with van der Waals surface area (Å²) < 4.78 is 35.9. The lowest BCUT2D eigenvalue weighted by Crippen LogP contribution is -2.36. The Hall–Kier alpha value is -3.43. The Morgan fingerprint density at radius 1 is 1.05 bits per heavy atom. The van der Waals surface area contributed by atoms with Crippen molar-refractivity contribution in [3.05, 3.63) is 64.4 Å². The predicted molar refractivity (Wildman–Crippen MR) is 136 cm³/mol. The molecule has 1 amide bonds. The summed E-state index contributed by atoms with van der Waals surface area (Å²) >= 11 is 0. The van der Waals surface area contributed by atoms with E-state index in [1.807, 2.05) is 12.1 Å². The van der Waals surface area contributed by atoms with E-state index in [1.54, 1.807) is 6.07 Å². The van der Waals surface area contributed by atoms with Crippen LogP contribution in [0.15, 0.2) is 30.3 Å². The molecule has 4 heterocycles. The van der Waals surface area contributed by atoms with E-state index in [0.29, 0.717) is 35.6 Å². The topological polar surface area (TPSA) is 93.4 Å². The number of aromatic nitrogens is 2. The first-order chi connectivity index (χ1) is 18.0. The minimum atomic E-state index is -0.798. The highest BCUT2D eigenvalue weighted by atomic mass is 19.1. The average molecular weight is 506 g/mol. The monoisotopic (exact) mass is 505 g/mol. The van der Waals surface area contributed by atoms with Gasteiger partial charge < -0.3 is 15.8 Å². The summed E-state index contributed by atoms with van der Waals surface area (Å²) in [5.41, 5.74) is 10.2. The Morgan fingerprint density at radius 3 is 2.62 bits per heavy atom. The molecule has 3 aliphatic rings. The maximum Gasteiger partial charge on any atom is 0.251 e. The number of rotatable bonds is 5. The first-order valence-electron chi connectivity index (χ1n) is 12.8. The van der Waals surface area contributed by atoms with Crippen LogP contribution in [0.5, 0.6) is 0 Å². The highest BCUT2D eigenvalue weighted by Gasteiger charge is 2.25. The van der Waals surface area contributed by atoms with Crippen LogP contribution in [0.1, 0.15) is 52.2 Å². The van der Waals surface area contributed by atoms with Gasteiger partial charge in [-0.15, -0.1) is 0 Å². The molecule has 2 fully saturated rings. The number of nitrogens with one attached hydrogen (secondary N) is 1. The largest absolute Gasteiger partial charge is 0.382 e. The molecule has 0 atom stereocenters. The van der Waals surface area contributed by atoms with Gasteiger partial charge in [-0.05, 0) is 79.6 Å². The van der Waals surface area contributed by atoms with Crippen LogP contribution in [0.25, 0.3) is 22.5 Å². The SMILES string of the molecule is Nc1nc(F)c(-c2ccc(C3CCOCC3)c(CN3CCC3)c2)nc1-c1cc2c(cc1F)C(=O)NCC2. The van der Waals surface area contributed by atoms with Crippen LogP contribution >= 0.6 is 0 Å². The smallest absolute Gasteiger partial charge is 0.251 e. The molecule has 192 valence electrons. The number of benzene rings is 2. The summed E-state index contributed by atoms with van der Waals surface area (Å²) in [5.74, 6) is -1.56. The zero-order chi connectivity index (χ0) is 25.5. The lowest BCUT2D eigenvalue weighted by molar-refractivity contribution is 0.0847. The van der Waals surface area contributed by atoms with E-state index in [0.717, 1.165) is 51.3 Å². The summed E-state index contributed by atoms with van der Waals surface area (Å²) in [4.78, 5) is 22.9. The van der Waals surface area contributed by atoms with Crippen LogP contribution in [0, 0.1) is 11.8 Å². The summed E-state index contributed by atoms with van der Waals surface area (Å²) in [6.07, 6.45) is 3.66. The van der Waals surface area contributed by atoms with Gasteiger partial charge in [0, 0.05) is 43.0 Å². The fourth-order valence-electron chi connectivity index (χ4n) is 5.51. The molecular weight excluding hydrogens is 476 g/mol. The van der Waals surface area contributed by atoms with Gasteiger partial charge >= 0.3 is 0 Å². The number of ether oxygens (including phenoxy) is 1. The number of hydrogen-bond donors (Lipinski definition) is 2. The minimum Gasteiger partial charge on any atom is -0.382 e. The standard InChI is InChI=1S/C28H29F2N5O2/c29-23-14-21-17(4-7-32-28(21)36)13-22(23)25-27(31)34-26(30)24(33-25)18-2-3-20(16-5-10-37-11-6-16)19(12-18)15-35-8-1-9-35/h2-3,12-14,16H,1,4-11,15H2,(H2,31,34)(H,32,36). The second kappa shape index (κ2) is 9.79. The minimum absolute atomic E-state index is 0.0300. The third-order valence-electron chi connectivity index (χ3n) is 7.67. The molecule has 0 aliphatic carbocycles. The molecule has 1 aromatic heterocycles. The van der Waals surface area contributed by atoms with Gasteiger partial charge in [-0.1, -0.05) is 12.1 Å². The molecule has 3 aromatic rings. The summed E-state index contributed by atoms with van der Waals surface area (Å²) in [5, 5.41) is 2.71. The van der Waals surface area contributed by atoms with Crippen molar-refractivity contribution >= 4 is 11.7 Å². The average Bonchev–Trinajstić information content (AvgIpc) is 2.87. The van der Waals surface area contributed by atoms with Crippen molar-refractivity contribution in [3.8, 4) is 22.5 Å². The summed E-state index contributed by atoms with van der Waals surface area (Å²) in [7, 11) is 0. The molecule has 0 radical (unpaired) electrons. The summed E-state index contributed by atoms with van der Waals surface area (Å²) in [6.45, 7) is 4.83. The predicted octanol–water partition coefficient (Wildman–Crippen LogP) is 4.06. The van der Waals surface area contributed by atoms with Crippen molar-refractivity contribution in [2.45, 2.75) is 38.1 Å². The van der Waals surface area contributed by atoms with E-state index >= 15 is 8.78 Å². The molecule has 7 nitrogen and oxygen atoms in total. The van der Waals surface area contributed by atoms with E-state index in [2.05, 4.69) is 26.3 Å². The number of amides is 1. The van der Waals surface area contributed by atoms with Crippen molar-refractivity contribution in [1.82, 2.24) is 20.2 Å². The van der Waals surface area contributed by atoms with Crippen LogP contribution < -0.4 is 11.1 Å². The first kappa shape index (κ1) is 23.9. The molecule has 0 bridgehead atoms. The molecule has 0 unspecified atom stereocenters. The Morgan fingerprint density at radius 2 is 1.86 bits per heavy atom. The number of nitrogen functional groups attached to an aromatic ring is 1. The van der Waals surface area contributed by atoms with E-state index in [9.17, 15) is 4.79 Å². The molecule has 0 saturated carbocycles. The first-order valence-corrected chi connectivity index (χ1v) is 12.8. The van der Waals surface area contributed by atoms with Gasteiger partial charge in [0.1, 0.15) is 17.2 Å². The van der Waals surface area contributed by atoms with Crippen LogP contribution in [0.2, 0.25) is 0 Å². The highest BCUT2D eigenvalue weighted by molar-refractivity contribution is 5.97. The number of anilines is 1. The number of fused-ring (bicyclic) bond motifs is 1. The lowest BCUT2D eigenvalue weighted by Gasteiger charge is -2.33. The van der Waals surface area contributed by atoms with Gasteiger partial charge in [0.05, 0.1) is 0 Å². The molecule has 3 aliphatic heterocycles. The summed E-state index contributed by atoms with van der Waals surface area (Å²) in [6, 6.07) is 8.69. The number of nitrogens with zero attached hydrogens (tertiary/aromatic N) is 3. The van der Waals surface area contributed by atoms with E-state index in [-0.39, 0.29) is 28.7 Å². The maximum atomic E-state index is 15.2. The highest BCUT2D eigenvalue weighted by Crippen LogP contribution is 2.36. The normalized spacial score (nSPS) is 18.3. The molecule has 6 rings (SSSR count). The molecule has 9 heteroatoms. The van der Waals surface area contributed by atoms with Gasteiger partial charge in [-0.2, -0.15) is 9.37 Å². The van der Waals surface area contributed by atoms with Gasteiger partial charge in [-0.3, -0.25) is 9.69 Å². The number of halogens is 2.